The van der Waals surface area contributed by atoms with Crippen LogP contribution in [-0.2, 0) is 9.53 Å². The summed E-state index contributed by atoms with van der Waals surface area (Å²) in [5.74, 6) is -0.169. The van der Waals surface area contributed by atoms with Crippen LogP contribution in [0.5, 0.6) is 5.75 Å². The molecule has 0 radical (unpaired) electrons. The molecule has 1 aliphatic heterocycles. The van der Waals surface area contributed by atoms with Gasteiger partial charge < -0.3 is 14.4 Å². The minimum absolute atomic E-state index is 0.169. The van der Waals surface area contributed by atoms with Gasteiger partial charge in [-0.25, -0.2) is 4.39 Å². The predicted octanol–water partition coefficient (Wildman–Crippen LogP) is 2.14. The molecule has 1 aliphatic rings. The molecule has 0 saturated carbocycles. The number of carbonyl (C=O) groups excluding carboxylic acids is 1. The molecule has 1 aromatic rings. The number of rotatable bonds is 4. The van der Waals surface area contributed by atoms with Crippen molar-refractivity contribution in [3.05, 3.63) is 36.7 Å². The van der Waals surface area contributed by atoms with Gasteiger partial charge in [0.1, 0.15) is 24.3 Å². The first kappa shape index (κ1) is 13.5. The Balaban J connectivity index is 2.18. The molecule has 1 aromatic carbocycles. The van der Waals surface area contributed by atoms with E-state index in [1.807, 2.05) is 0 Å². The lowest BCUT2D eigenvalue weighted by Crippen LogP contribution is -2.43. The second-order valence-corrected chi connectivity index (χ2v) is 4.21. The van der Waals surface area contributed by atoms with Gasteiger partial charge in [-0.15, -0.1) is 6.58 Å². The fourth-order valence-corrected chi connectivity index (χ4v) is 1.93. The second-order valence-electron chi connectivity index (χ2n) is 4.21. The van der Waals surface area contributed by atoms with E-state index in [4.69, 9.17) is 9.47 Å². The molecule has 0 aliphatic carbocycles. The summed E-state index contributed by atoms with van der Waals surface area (Å²) in [5.41, 5.74) is 0.576. The van der Waals surface area contributed by atoms with Gasteiger partial charge in [0.15, 0.2) is 0 Å². The smallest absolute Gasteiger partial charge is 0.256 e. The molecule has 1 amide bonds. The number of ether oxygens (including phenoxy) is 2. The van der Waals surface area contributed by atoms with Gasteiger partial charge in [-0.1, -0.05) is 6.08 Å². The first-order chi connectivity index (χ1) is 9.13. The average Bonchev–Trinajstić information content (AvgIpc) is 2.42. The van der Waals surface area contributed by atoms with Crippen LogP contribution in [0.25, 0.3) is 0 Å². The zero-order valence-electron chi connectivity index (χ0n) is 10.8. The van der Waals surface area contributed by atoms with E-state index in [0.29, 0.717) is 31.2 Å². The van der Waals surface area contributed by atoms with Crippen LogP contribution in [0, 0.1) is 5.82 Å². The predicted molar refractivity (Wildman–Crippen MR) is 69.9 cm³/mol. The van der Waals surface area contributed by atoms with Crippen LogP contribution in [0.3, 0.4) is 0 Å². The van der Waals surface area contributed by atoms with E-state index in [9.17, 15) is 9.18 Å². The molecule has 0 bridgehead atoms. The van der Waals surface area contributed by atoms with Gasteiger partial charge in [-0.2, -0.15) is 0 Å². The molecule has 4 nitrogen and oxygen atoms in total. The molecule has 1 heterocycles. The van der Waals surface area contributed by atoms with Crippen LogP contribution < -0.4 is 9.64 Å². The van der Waals surface area contributed by atoms with Crippen LogP contribution in [0.1, 0.15) is 6.92 Å². The minimum Gasteiger partial charge on any atom is -0.489 e. The van der Waals surface area contributed by atoms with Gasteiger partial charge in [-0.05, 0) is 19.1 Å². The van der Waals surface area contributed by atoms with E-state index in [2.05, 4.69) is 6.58 Å². The van der Waals surface area contributed by atoms with E-state index >= 15 is 0 Å². The maximum Gasteiger partial charge on any atom is 0.256 e. The number of hydrogen-bond donors (Lipinski definition) is 0. The lowest BCUT2D eigenvalue weighted by molar-refractivity contribution is -0.128. The Morgan fingerprint density at radius 3 is 3.21 bits per heavy atom. The van der Waals surface area contributed by atoms with E-state index in [1.165, 1.54) is 12.1 Å². The third-order valence-electron chi connectivity index (χ3n) is 2.86. The van der Waals surface area contributed by atoms with E-state index in [-0.39, 0.29) is 11.7 Å². The second kappa shape index (κ2) is 5.84. The molecule has 19 heavy (non-hydrogen) atoms. The molecule has 0 spiro atoms. The lowest BCUT2D eigenvalue weighted by Gasteiger charge is -2.31. The highest BCUT2D eigenvalue weighted by molar-refractivity contribution is 5.98. The van der Waals surface area contributed by atoms with E-state index in [0.717, 1.165) is 0 Å². The van der Waals surface area contributed by atoms with Gasteiger partial charge in [0.25, 0.3) is 5.91 Å². The van der Waals surface area contributed by atoms with Crippen LogP contribution in [0.4, 0.5) is 10.1 Å². The van der Waals surface area contributed by atoms with Crippen molar-refractivity contribution in [3.8, 4) is 5.75 Å². The number of hydrogen-bond acceptors (Lipinski definition) is 3. The van der Waals surface area contributed by atoms with Gasteiger partial charge >= 0.3 is 0 Å². The Kier molecular flexibility index (Phi) is 4.16. The zero-order valence-corrected chi connectivity index (χ0v) is 10.8. The standard InChI is InChI=1S/C14H16FNO3/c1-3-7-18-10(2)14(17)16-6-8-19-13-9-11(15)4-5-12(13)16/h3-5,9-10H,1,6-8H2,2H3. The Morgan fingerprint density at radius 2 is 2.47 bits per heavy atom. The van der Waals surface area contributed by atoms with Crippen molar-refractivity contribution in [1.29, 1.82) is 0 Å². The lowest BCUT2D eigenvalue weighted by atomic mass is 10.2. The summed E-state index contributed by atoms with van der Waals surface area (Å²) >= 11 is 0. The highest BCUT2D eigenvalue weighted by Crippen LogP contribution is 2.32. The molecular weight excluding hydrogens is 249 g/mol. The van der Waals surface area contributed by atoms with Gasteiger partial charge in [0, 0.05) is 6.07 Å². The van der Waals surface area contributed by atoms with Crippen molar-refractivity contribution in [3.63, 3.8) is 0 Å². The maximum atomic E-state index is 13.1. The summed E-state index contributed by atoms with van der Waals surface area (Å²) < 4.78 is 23.8. The highest BCUT2D eigenvalue weighted by Gasteiger charge is 2.27. The summed E-state index contributed by atoms with van der Waals surface area (Å²) in [7, 11) is 0. The largest absolute Gasteiger partial charge is 0.489 e. The number of amides is 1. The van der Waals surface area contributed by atoms with E-state index < -0.39 is 6.10 Å². The Labute approximate surface area is 111 Å². The van der Waals surface area contributed by atoms with Crippen LogP contribution in [0.15, 0.2) is 30.9 Å². The molecule has 102 valence electrons. The first-order valence-electron chi connectivity index (χ1n) is 6.09. The Bertz CT molecular complexity index is 490. The quantitative estimate of drug-likeness (QED) is 0.783. The zero-order chi connectivity index (χ0) is 13.8. The third-order valence-corrected chi connectivity index (χ3v) is 2.86. The molecular formula is C14H16FNO3. The first-order valence-corrected chi connectivity index (χ1v) is 6.09. The van der Waals surface area contributed by atoms with Crippen molar-refractivity contribution in [2.45, 2.75) is 13.0 Å². The summed E-state index contributed by atoms with van der Waals surface area (Å²) in [5, 5.41) is 0. The molecule has 0 aromatic heterocycles. The number of nitrogens with zero attached hydrogens (tertiary/aromatic N) is 1. The van der Waals surface area contributed by atoms with Crippen LogP contribution >= 0.6 is 0 Å². The maximum absolute atomic E-state index is 13.1. The fraction of sp³-hybridized carbons (Fsp3) is 0.357. The molecule has 1 atom stereocenters. The van der Waals surface area contributed by atoms with Gasteiger partial charge in [0.05, 0.1) is 18.8 Å². The van der Waals surface area contributed by atoms with E-state index in [1.54, 1.807) is 24.0 Å². The number of anilines is 1. The molecule has 2 rings (SSSR count). The Hall–Kier alpha value is -1.88. The van der Waals surface area contributed by atoms with Crippen molar-refractivity contribution < 1.29 is 18.7 Å². The summed E-state index contributed by atoms with van der Waals surface area (Å²) in [6, 6.07) is 4.13. The number of benzene rings is 1. The molecule has 0 saturated heterocycles. The summed E-state index contributed by atoms with van der Waals surface area (Å²) in [4.78, 5) is 13.8. The number of carbonyl (C=O) groups is 1. The molecule has 0 fully saturated rings. The number of halogens is 1. The fourth-order valence-electron chi connectivity index (χ4n) is 1.93. The van der Waals surface area contributed by atoms with Crippen molar-refractivity contribution in [2.75, 3.05) is 24.7 Å². The van der Waals surface area contributed by atoms with Crippen molar-refractivity contribution >= 4 is 11.6 Å². The molecule has 5 heteroatoms. The molecule has 0 N–H and O–H groups in total. The topological polar surface area (TPSA) is 38.8 Å². The SMILES string of the molecule is C=CCOC(C)C(=O)N1CCOc2cc(F)ccc21. The van der Waals surface area contributed by atoms with Crippen molar-refractivity contribution in [1.82, 2.24) is 0 Å². The highest BCUT2D eigenvalue weighted by atomic mass is 19.1. The summed E-state index contributed by atoms with van der Waals surface area (Å²) in [6.45, 7) is 6.31. The van der Waals surface area contributed by atoms with Crippen molar-refractivity contribution in [2.24, 2.45) is 0 Å². The monoisotopic (exact) mass is 265 g/mol. The minimum atomic E-state index is -0.575. The average molecular weight is 265 g/mol. The van der Waals surface area contributed by atoms with Crippen LogP contribution in [0.2, 0.25) is 0 Å². The third kappa shape index (κ3) is 2.93. The number of fused-ring (bicyclic) bond motifs is 1. The van der Waals surface area contributed by atoms with Gasteiger partial charge in [-0.3, -0.25) is 4.79 Å². The molecule has 1 unspecified atom stereocenters. The van der Waals surface area contributed by atoms with Gasteiger partial charge in [0.2, 0.25) is 0 Å². The van der Waals surface area contributed by atoms with Crippen LogP contribution in [-0.4, -0.2) is 31.8 Å². The Morgan fingerprint density at radius 1 is 1.68 bits per heavy atom. The summed E-state index contributed by atoms with van der Waals surface area (Å²) in [6.07, 6.45) is 1.01. The normalized spacial score (nSPS) is 15.4.